The van der Waals surface area contributed by atoms with E-state index in [1.54, 1.807) is 6.07 Å². The molecule has 0 spiro atoms. The van der Waals surface area contributed by atoms with Gasteiger partial charge >= 0.3 is 0 Å². The predicted octanol–water partition coefficient (Wildman–Crippen LogP) is 1.11. The number of sulfonamides is 1. The van der Waals surface area contributed by atoms with Gasteiger partial charge in [-0.3, -0.25) is 0 Å². The number of nitriles is 1. The molecule has 0 fully saturated rings. The molecule has 0 amide bonds. The van der Waals surface area contributed by atoms with Crippen LogP contribution < -0.4 is 4.74 Å². The first kappa shape index (κ1) is 13.4. The number of halogens is 1. The van der Waals surface area contributed by atoms with Crippen molar-refractivity contribution in [3.63, 3.8) is 0 Å². The van der Waals surface area contributed by atoms with E-state index in [9.17, 15) is 12.8 Å². The molecule has 17 heavy (non-hydrogen) atoms. The highest BCUT2D eigenvalue weighted by Gasteiger charge is 2.23. The second-order valence-electron chi connectivity index (χ2n) is 3.28. The van der Waals surface area contributed by atoms with Gasteiger partial charge in [-0.25, -0.2) is 17.1 Å². The Hall–Kier alpha value is -1.65. The van der Waals surface area contributed by atoms with E-state index in [4.69, 9.17) is 5.26 Å². The Morgan fingerprint density at radius 2 is 2.12 bits per heavy atom. The highest BCUT2D eigenvalue weighted by atomic mass is 32.2. The van der Waals surface area contributed by atoms with E-state index in [1.165, 1.54) is 32.3 Å². The Morgan fingerprint density at radius 1 is 1.47 bits per heavy atom. The summed E-state index contributed by atoms with van der Waals surface area (Å²) in [6.45, 7) is -1.12. The Morgan fingerprint density at radius 3 is 2.59 bits per heavy atom. The molecule has 92 valence electrons. The molecule has 0 radical (unpaired) electrons. The summed E-state index contributed by atoms with van der Waals surface area (Å²) in [4.78, 5) is -0.198. The van der Waals surface area contributed by atoms with Crippen LogP contribution in [-0.4, -0.2) is 33.7 Å². The third kappa shape index (κ3) is 2.54. The number of alkyl halides is 1. The number of rotatable bonds is 4. The van der Waals surface area contributed by atoms with Gasteiger partial charge < -0.3 is 4.74 Å². The van der Waals surface area contributed by atoms with Crippen molar-refractivity contribution in [2.75, 3.05) is 21.0 Å². The summed E-state index contributed by atoms with van der Waals surface area (Å²) >= 11 is 0. The molecule has 5 nitrogen and oxygen atoms in total. The zero-order valence-corrected chi connectivity index (χ0v) is 10.2. The van der Waals surface area contributed by atoms with Gasteiger partial charge in [0.15, 0.2) is 0 Å². The quantitative estimate of drug-likeness (QED) is 0.811. The molecule has 0 aliphatic heterocycles. The molecule has 0 aromatic heterocycles. The van der Waals surface area contributed by atoms with E-state index in [0.29, 0.717) is 0 Å². The normalized spacial score (nSPS) is 11.2. The van der Waals surface area contributed by atoms with Gasteiger partial charge in [0.1, 0.15) is 22.3 Å². The van der Waals surface area contributed by atoms with Gasteiger partial charge in [-0.2, -0.15) is 5.26 Å². The van der Waals surface area contributed by atoms with Crippen molar-refractivity contribution in [1.82, 2.24) is 4.31 Å². The fourth-order valence-corrected chi connectivity index (χ4v) is 2.26. The van der Waals surface area contributed by atoms with E-state index >= 15 is 0 Å². The number of hydrogen-bond donors (Lipinski definition) is 0. The summed E-state index contributed by atoms with van der Waals surface area (Å²) in [5.74, 6) is -0.0853. The van der Waals surface area contributed by atoms with Crippen LogP contribution in [0.25, 0.3) is 0 Å². The molecule has 0 unspecified atom stereocenters. The largest absolute Gasteiger partial charge is 0.461 e. The summed E-state index contributed by atoms with van der Waals surface area (Å²) in [5.41, 5.74) is -0.196. The van der Waals surface area contributed by atoms with Crippen LogP contribution in [0.3, 0.4) is 0 Å². The highest BCUT2D eigenvalue weighted by Crippen LogP contribution is 2.26. The van der Waals surface area contributed by atoms with E-state index in [-0.39, 0.29) is 16.2 Å². The number of benzene rings is 1. The van der Waals surface area contributed by atoms with Crippen molar-refractivity contribution >= 4 is 10.0 Å². The number of ether oxygens (including phenoxy) is 1. The van der Waals surface area contributed by atoms with Crippen LogP contribution in [0.1, 0.15) is 5.56 Å². The minimum Gasteiger partial charge on any atom is -0.461 e. The average Bonchev–Trinajstić information content (AvgIpc) is 2.29. The first-order chi connectivity index (χ1) is 7.95. The third-order valence-corrected chi connectivity index (χ3v) is 3.93. The summed E-state index contributed by atoms with van der Waals surface area (Å²) < 4.78 is 41.4. The van der Waals surface area contributed by atoms with Crippen molar-refractivity contribution in [2.45, 2.75) is 4.90 Å². The van der Waals surface area contributed by atoms with Gasteiger partial charge in [-0.05, 0) is 12.1 Å². The maximum atomic E-state index is 12.1. The molecule has 1 rings (SSSR count). The number of hydrogen-bond acceptors (Lipinski definition) is 4. The molecule has 1 aromatic carbocycles. The zero-order valence-electron chi connectivity index (χ0n) is 9.34. The Labute approximate surface area is 99.1 Å². The van der Waals surface area contributed by atoms with Gasteiger partial charge in [-0.15, -0.1) is 0 Å². The lowest BCUT2D eigenvalue weighted by Gasteiger charge is -2.14. The lowest BCUT2D eigenvalue weighted by Crippen LogP contribution is -2.23. The summed E-state index contributed by atoms with van der Waals surface area (Å²) in [7, 11) is -1.06. The fourth-order valence-electron chi connectivity index (χ4n) is 1.21. The number of nitrogens with zero attached hydrogens (tertiary/aromatic N) is 2. The van der Waals surface area contributed by atoms with Gasteiger partial charge in [0.2, 0.25) is 16.9 Å². The topological polar surface area (TPSA) is 70.4 Å². The van der Waals surface area contributed by atoms with E-state index in [1.807, 2.05) is 0 Å². The molecule has 0 saturated carbocycles. The minimum absolute atomic E-state index is 0.0853. The summed E-state index contributed by atoms with van der Waals surface area (Å²) in [6, 6.07) is 5.72. The molecule has 0 aliphatic rings. The van der Waals surface area contributed by atoms with Gasteiger partial charge in [0.05, 0.1) is 0 Å². The van der Waals surface area contributed by atoms with Crippen molar-refractivity contribution in [2.24, 2.45) is 0 Å². The van der Waals surface area contributed by atoms with E-state index in [2.05, 4.69) is 4.74 Å². The average molecular weight is 258 g/mol. The van der Waals surface area contributed by atoms with Crippen LogP contribution in [0.15, 0.2) is 23.1 Å². The van der Waals surface area contributed by atoms with Crippen LogP contribution in [0.2, 0.25) is 0 Å². The van der Waals surface area contributed by atoms with E-state index < -0.39 is 16.9 Å². The highest BCUT2D eigenvalue weighted by molar-refractivity contribution is 7.89. The molecule has 0 N–H and O–H groups in total. The fraction of sp³-hybridized carbons (Fsp3) is 0.300. The molecule has 7 heteroatoms. The van der Waals surface area contributed by atoms with Gasteiger partial charge in [0, 0.05) is 14.1 Å². The maximum absolute atomic E-state index is 12.1. The van der Waals surface area contributed by atoms with Crippen LogP contribution in [0, 0.1) is 11.3 Å². The Kier molecular flexibility index (Phi) is 4.04. The minimum atomic E-state index is -3.75. The van der Waals surface area contributed by atoms with E-state index in [0.717, 1.165) is 4.31 Å². The van der Waals surface area contributed by atoms with Crippen LogP contribution in [0.5, 0.6) is 5.75 Å². The van der Waals surface area contributed by atoms with Crippen molar-refractivity contribution in [3.8, 4) is 11.8 Å². The van der Waals surface area contributed by atoms with Crippen molar-refractivity contribution < 1.29 is 17.5 Å². The molecule has 0 atom stereocenters. The lowest BCUT2D eigenvalue weighted by atomic mass is 10.2. The van der Waals surface area contributed by atoms with Gasteiger partial charge in [0.25, 0.3) is 0 Å². The molecule has 1 aromatic rings. The molecule has 0 heterocycles. The molecule has 0 saturated heterocycles. The zero-order chi connectivity index (χ0) is 13.1. The predicted molar refractivity (Wildman–Crippen MR) is 58.6 cm³/mol. The summed E-state index contributed by atoms with van der Waals surface area (Å²) in [5, 5.41) is 8.94. The monoisotopic (exact) mass is 258 g/mol. The van der Waals surface area contributed by atoms with Crippen molar-refractivity contribution in [3.05, 3.63) is 23.8 Å². The van der Waals surface area contributed by atoms with Crippen LogP contribution in [0.4, 0.5) is 4.39 Å². The lowest BCUT2D eigenvalue weighted by molar-refractivity contribution is 0.191. The standard InChI is InChI=1S/C10H11FN2O3S/c1-13(2)17(14,15)10-5-3-4-9(16-7-11)8(10)6-12/h3-5H,7H2,1-2H3. The first-order valence-corrected chi connectivity index (χ1v) is 6.03. The smallest absolute Gasteiger partial charge is 0.244 e. The SMILES string of the molecule is CN(C)S(=O)(=O)c1cccc(OCF)c1C#N. The maximum Gasteiger partial charge on any atom is 0.244 e. The third-order valence-electron chi connectivity index (χ3n) is 2.07. The van der Waals surface area contributed by atoms with Crippen molar-refractivity contribution in [1.29, 1.82) is 5.26 Å². The Balaban J connectivity index is 3.47. The van der Waals surface area contributed by atoms with Crippen LogP contribution in [-0.2, 0) is 10.0 Å². The molecule has 0 aliphatic carbocycles. The summed E-state index contributed by atoms with van der Waals surface area (Å²) in [6.07, 6.45) is 0. The first-order valence-electron chi connectivity index (χ1n) is 4.59. The second-order valence-corrected chi connectivity index (χ2v) is 5.40. The molecular formula is C10H11FN2O3S. The Bertz CT molecular complexity index is 549. The molecular weight excluding hydrogens is 247 g/mol. The van der Waals surface area contributed by atoms with Crippen LogP contribution >= 0.6 is 0 Å². The molecule has 0 bridgehead atoms. The van der Waals surface area contributed by atoms with Gasteiger partial charge in [-0.1, -0.05) is 6.07 Å². The second kappa shape index (κ2) is 5.12.